The first kappa shape index (κ1) is 18.5. The molecular weight excluding hydrogens is 302 g/mol. The van der Waals surface area contributed by atoms with Gasteiger partial charge in [0.15, 0.2) is 0 Å². The molecule has 6 heteroatoms. The van der Waals surface area contributed by atoms with Crippen molar-refractivity contribution in [3.63, 3.8) is 0 Å². The summed E-state index contributed by atoms with van der Waals surface area (Å²) in [5.74, 6) is -0.0123. The fraction of sp³-hybridized carbons (Fsp3) is 0.500. The van der Waals surface area contributed by atoms with Crippen molar-refractivity contribution in [2.24, 2.45) is 0 Å². The molecule has 1 aromatic rings. The molecule has 0 saturated carbocycles. The number of anilines is 1. The minimum atomic E-state index is -0.393. The molecule has 1 saturated heterocycles. The monoisotopic (exact) mass is 325 g/mol. The summed E-state index contributed by atoms with van der Waals surface area (Å²) in [4.78, 5) is 23.3. The number of nitrogens with one attached hydrogen (secondary N) is 3. The van der Waals surface area contributed by atoms with E-state index in [-0.39, 0.29) is 24.2 Å². The molecule has 3 N–H and O–H groups in total. The molecule has 0 radical (unpaired) electrons. The number of hydrogen-bond acceptors (Lipinski definition) is 3. The van der Waals surface area contributed by atoms with Gasteiger partial charge in [0.2, 0.25) is 11.8 Å². The average molecular weight is 326 g/mol. The fourth-order valence-electron chi connectivity index (χ4n) is 2.72. The second-order valence-corrected chi connectivity index (χ2v) is 5.53. The molecule has 0 aromatic heterocycles. The van der Waals surface area contributed by atoms with Crippen LogP contribution in [0.2, 0.25) is 0 Å². The van der Waals surface area contributed by atoms with Crippen LogP contribution in [0.15, 0.2) is 24.3 Å². The Kier molecular flexibility index (Phi) is 6.84. The summed E-state index contributed by atoms with van der Waals surface area (Å²) in [5, 5.41) is 9.05. The van der Waals surface area contributed by atoms with Gasteiger partial charge in [0.1, 0.15) is 0 Å². The number of halogens is 1. The normalized spacial score (nSPS) is 20.1. The van der Waals surface area contributed by atoms with Crippen molar-refractivity contribution in [1.82, 2.24) is 10.6 Å². The van der Waals surface area contributed by atoms with Gasteiger partial charge in [-0.05, 0) is 43.5 Å². The Morgan fingerprint density at radius 3 is 2.45 bits per heavy atom. The first-order chi connectivity index (χ1) is 10.1. The number of benzene rings is 1. The quantitative estimate of drug-likeness (QED) is 0.777. The molecule has 1 heterocycles. The van der Waals surface area contributed by atoms with Crippen molar-refractivity contribution in [3.8, 4) is 0 Å². The molecule has 22 heavy (non-hydrogen) atoms. The topological polar surface area (TPSA) is 70.2 Å². The number of carbonyl (C=O) groups is 2. The average Bonchev–Trinajstić information content (AvgIpc) is 2.96. The molecule has 122 valence electrons. The highest BCUT2D eigenvalue weighted by atomic mass is 35.5. The summed E-state index contributed by atoms with van der Waals surface area (Å²) in [6.45, 7) is 4.93. The van der Waals surface area contributed by atoms with Crippen molar-refractivity contribution < 1.29 is 9.59 Å². The zero-order chi connectivity index (χ0) is 15.3. The van der Waals surface area contributed by atoms with Crippen LogP contribution in [0.3, 0.4) is 0 Å². The summed E-state index contributed by atoms with van der Waals surface area (Å²) >= 11 is 0. The largest absolute Gasteiger partial charge is 0.350 e. The molecule has 0 bridgehead atoms. The molecule has 2 amide bonds. The van der Waals surface area contributed by atoms with Crippen molar-refractivity contribution in [2.45, 2.75) is 45.2 Å². The zero-order valence-electron chi connectivity index (χ0n) is 13.1. The molecule has 1 fully saturated rings. The Balaban J connectivity index is 0.00000242. The molecule has 1 atom stereocenters. The maximum absolute atomic E-state index is 12.4. The smallest absolute Gasteiger partial charge is 0.240 e. The first-order valence-electron chi connectivity index (χ1n) is 7.45. The zero-order valence-corrected chi connectivity index (χ0v) is 13.9. The van der Waals surface area contributed by atoms with Gasteiger partial charge in [-0.3, -0.25) is 9.59 Å². The summed E-state index contributed by atoms with van der Waals surface area (Å²) in [6, 6.07) is 7.50. The van der Waals surface area contributed by atoms with E-state index in [0.29, 0.717) is 6.54 Å². The van der Waals surface area contributed by atoms with Crippen LogP contribution in [0.4, 0.5) is 5.69 Å². The molecular formula is C16H24ClN3O2. The molecule has 1 aromatic carbocycles. The van der Waals surface area contributed by atoms with Crippen molar-refractivity contribution >= 4 is 29.9 Å². The lowest BCUT2D eigenvalue weighted by atomic mass is 9.93. The molecule has 2 rings (SSSR count). The van der Waals surface area contributed by atoms with Crippen LogP contribution in [0.5, 0.6) is 0 Å². The third-order valence-corrected chi connectivity index (χ3v) is 4.01. The fourth-order valence-corrected chi connectivity index (χ4v) is 2.72. The number of amides is 2. The highest BCUT2D eigenvalue weighted by Crippen LogP contribution is 2.23. The summed E-state index contributed by atoms with van der Waals surface area (Å²) in [6.07, 6.45) is 2.75. The Hall–Kier alpha value is -1.59. The maximum Gasteiger partial charge on any atom is 0.240 e. The van der Waals surface area contributed by atoms with Crippen molar-refractivity contribution in [1.29, 1.82) is 0 Å². The SMILES string of the molecule is CCC1(C(=O)NCc2ccc(NC(C)=O)cc2)CCCN1.Cl. The van der Waals surface area contributed by atoms with Crippen LogP contribution in [-0.2, 0) is 16.1 Å². The number of rotatable bonds is 5. The molecule has 5 nitrogen and oxygen atoms in total. The van der Waals surface area contributed by atoms with Gasteiger partial charge < -0.3 is 16.0 Å². The number of carbonyl (C=O) groups excluding carboxylic acids is 2. The predicted octanol–water partition coefficient (Wildman–Crippen LogP) is 2.22. The highest BCUT2D eigenvalue weighted by molar-refractivity contribution is 5.88. The Morgan fingerprint density at radius 1 is 1.27 bits per heavy atom. The molecule has 1 aliphatic rings. The van der Waals surface area contributed by atoms with Crippen LogP contribution in [0.1, 0.15) is 38.7 Å². The standard InChI is InChI=1S/C16H23N3O2.ClH/c1-3-16(9-4-10-18-16)15(21)17-11-13-5-7-14(8-6-13)19-12(2)20;/h5-8,18H,3-4,9-11H2,1-2H3,(H,17,21)(H,19,20);1H. The molecule has 0 spiro atoms. The second kappa shape index (κ2) is 8.15. The number of hydrogen-bond donors (Lipinski definition) is 3. The van der Waals surface area contributed by atoms with E-state index in [4.69, 9.17) is 0 Å². The van der Waals surface area contributed by atoms with Crippen LogP contribution in [0, 0.1) is 0 Å². The lowest BCUT2D eigenvalue weighted by molar-refractivity contribution is -0.127. The van der Waals surface area contributed by atoms with Gasteiger partial charge in [0.25, 0.3) is 0 Å². The van der Waals surface area contributed by atoms with E-state index >= 15 is 0 Å². The summed E-state index contributed by atoms with van der Waals surface area (Å²) < 4.78 is 0. The van der Waals surface area contributed by atoms with Gasteiger partial charge in [-0.15, -0.1) is 12.4 Å². The van der Waals surface area contributed by atoms with E-state index in [1.54, 1.807) is 0 Å². The lowest BCUT2D eigenvalue weighted by Gasteiger charge is -2.26. The highest BCUT2D eigenvalue weighted by Gasteiger charge is 2.38. The molecule has 1 unspecified atom stereocenters. The van der Waals surface area contributed by atoms with Crippen LogP contribution in [-0.4, -0.2) is 23.9 Å². The van der Waals surface area contributed by atoms with Gasteiger partial charge in [0, 0.05) is 19.2 Å². The van der Waals surface area contributed by atoms with Gasteiger partial charge >= 0.3 is 0 Å². The van der Waals surface area contributed by atoms with Crippen molar-refractivity contribution in [3.05, 3.63) is 29.8 Å². The Labute approximate surface area is 137 Å². The van der Waals surface area contributed by atoms with Crippen molar-refractivity contribution in [2.75, 3.05) is 11.9 Å². The van der Waals surface area contributed by atoms with Gasteiger partial charge in [-0.1, -0.05) is 19.1 Å². The summed E-state index contributed by atoms with van der Waals surface area (Å²) in [7, 11) is 0. The van der Waals surface area contributed by atoms with E-state index in [1.165, 1.54) is 6.92 Å². The third-order valence-electron chi connectivity index (χ3n) is 4.01. The maximum atomic E-state index is 12.4. The van der Waals surface area contributed by atoms with Gasteiger partial charge in [-0.2, -0.15) is 0 Å². The Morgan fingerprint density at radius 2 is 1.95 bits per heavy atom. The van der Waals surface area contributed by atoms with Crippen LogP contribution >= 0.6 is 12.4 Å². The van der Waals surface area contributed by atoms with Gasteiger partial charge in [-0.25, -0.2) is 0 Å². The van der Waals surface area contributed by atoms with E-state index < -0.39 is 5.54 Å². The van der Waals surface area contributed by atoms with Gasteiger partial charge in [0.05, 0.1) is 5.54 Å². The van der Waals surface area contributed by atoms with Crippen LogP contribution in [0.25, 0.3) is 0 Å². The first-order valence-corrected chi connectivity index (χ1v) is 7.45. The predicted molar refractivity (Wildman–Crippen MR) is 90.1 cm³/mol. The van der Waals surface area contributed by atoms with E-state index in [9.17, 15) is 9.59 Å². The third kappa shape index (κ3) is 4.45. The van der Waals surface area contributed by atoms with E-state index in [0.717, 1.165) is 37.1 Å². The summed E-state index contributed by atoms with van der Waals surface area (Å²) in [5.41, 5.74) is 1.39. The minimum absolute atomic E-state index is 0. The lowest BCUT2D eigenvalue weighted by Crippen LogP contribution is -2.52. The Bertz CT molecular complexity index is 511. The minimum Gasteiger partial charge on any atom is -0.350 e. The molecule has 1 aliphatic heterocycles. The second-order valence-electron chi connectivity index (χ2n) is 5.53. The van der Waals surface area contributed by atoms with E-state index in [2.05, 4.69) is 16.0 Å². The van der Waals surface area contributed by atoms with E-state index in [1.807, 2.05) is 31.2 Å². The van der Waals surface area contributed by atoms with Crippen LogP contribution < -0.4 is 16.0 Å². The molecule has 0 aliphatic carbocycles.